The third-order valence-electron chi connectivity index (χ3n) is 3.88. The van der Waals surface area contributed by atoms with Gasteiger partial charge in [0.25, 0.3) is 0 Å². The van der Waals surface area contributed by atoms with E-state index < -0.39 is 0 Å². The van der Waals surface area contributed by atoms with Gasteiger partial charge in [-0.3, -0.25) is 0 Å². The molecule has 0 aliphatic carbocycles. The maximum absolute atomic E-state index is 9.54. The van der Waals surface area contributed by atoms with Gasteiger partial charge in [0, 0.05) is 9.50 Å². The van der Waals surface area contributed by atoms with Crippen LogP contribution in [0.15, 0.2) is 74.1 Å². The van der Waals surface area contributed by atoms with Crippen LogP contribution in [0, 0.1) is 11.3 Å². The van der Waals surface area contributed by atoms with Gasteiger partial charge < -0.3 is 4.74 Å². The van der Waals surface area contributed by atoms with Crippen LogP contribution in [-0.2, 0) is 6.61 Å². The summed E-state index contributed by atoms with van der Waals surface area (Å²) in [6.45, 7) is 0.450. The predicted octanol–water partition coefficient (Wildman–Crippen LogP) is 8.27. The average Bonchev–Trinajstić information content (AvgIpc) is 2.67. The molecule has 0 amide bonds. The van der Waals surface area contributed by atoms with Gasteiger partial charge in [-0.15, -0.1) is 0 Å². The maximum atomic E-state index is 9.54. The van der Waals surface area contributed by atoms with Crippen molar-refractivity contribution >= 4 is 71.0 Å². The molecule has 0 aliphatic heterocycles. The molecular formula is C22H13Br3ClNO. The van der Waals surface area contributed by atoms with E-state index in [0.717, 1.165) is 30.1 Å². The van der Waals surface area contributed by atoms with Gasteiger partial charge in [0.15, 0.2) is 0 Å². The maximum Gasteiger partial charge on any atom is 0.148 e. The molecule has 0 atom stereocenters. The molecular weight excluding hydrogens is 569 g/mol. The second kappa shape index (κ2) is 9.76. The topological polar surface area (TPSA) is 33.0 Å². The van der Waals surface area contributed by atoms with Crippen LogP contribution in [0.25, 0.3) is 11.6 Å². The lowest BCUT2D eigenvalue weighted by Gasteiger charge is -2.12. The summed E-state index contributed by atoms with van der Waals surface area (Å²) >= 11 is 16.6. The van der Waals surface area contributed by atoms with Crippen molar-refractivity contribution in [1.82, 2.24) is 0 Å². The van der Waals surface area contributed by atoms with Crippen LogP contribution >= 0.6 is 59.4 Å². The van der Waals surface area contributed by atoms with Crippen LogP contribution in [0.1, 0.15) is 16.7 Å². The number of hydrogen-bond acceptors (Lipinski definition) is 2. The molecule has 6 heteroatoms. The lowest BCUT2D eigenvalue weighted by atomic mass is 10.0. The number of halogens is 4. The Bertz CT molecular complexity index is 1050. The molecule has 0 heterocycles. The van der Waals surface area contributed by atoms with Gasteiger partial charge >= 0.3 is 0 Å². The third kappa shape index (κ3) is 5.48. The monoisotopic (exact) mass is 579 g/mol. The highest BCUT2D eigenvalue weighted by atomic mass is 79.9. The number of hydrogen-bond donors (Lipinski definition) is 0. The molecule has 3 rings (SSSR count). The summed E-state index contributed by atoms with van der Waals surface area (Å²) in [5.74, 6) is 0.710. The van der Waals surface area contributed by atoms with E-state index in [1.54, 1.807) is 12.1 Å². The standard InChI is InChI=1S/C22H13Br3ClNO/c23-18-6-4-14(5-7-18)13-28-22-20(24)9-15(10-21(22)25)8-17(12-27)16-2-1-3-19(26)11-16/h1-11H,13H2/b17-8-. The van der Waals surface area contributed by atoms with Crippen LogP contribution in [-0.4, -0.2) is 0 Å². The molecule has 0 saturated carbocycles. The molecule has 0 spiro atoms. The van der Waals surface area contributed by atoms with Crippen molar-refractivity contribution < 1.29 is 4.74 Å². The molecule has 0 fully saturated rings. The zero-order valence-electron chi connectivity index (χ0n) is 14.4. The smallest absolute Gasteiger partial charge is 0.148 e. The minimum Gasteiger partial charge on any atom is -0.487 e. The molecule has 0 aromatic heterocycles. The fourth-order valence-electron chi connectivity index (χ4n) is 2.54. The highest BCUT2D eigenvalue weighted by Gasteiger charge is 2.10. The van der Waals surface area contributed by atoms with Crippen LogP contribution in [0.3, 0.4) is 0 Å². The molecule has 0 bridgehead atoms. The molecule has 28 heavy (non-hydrogen) atoms. The zero-order valence-corrected chi connectivity index (χ0v) is 19.9. The summed E-state index contributed by atoms with van der Waals surface area (Å²) in [6, 6.07) is 21.3. The van der Waals surface area contributed by atoms with Crippen molar-refractivity contribution in [2.75, 3.05) is 0 Å². The number of ether oxygens (including phenoxy) is 1. The number of benzene rings is 3. The van der Waals surface area contributed by atoms with Gasteiger partial charge in [0.2, 0.25) is 0 Å². The minimum atomic E-state index is 0.450. The van der Waals surface area contributed by atoms with Gasteiger partial charge in [0.1, 0.15) is 12.4 Å². The molecule has 0 N–H and O–H groups in total. The zero-order chi connectivity index (χ0) is 20.1. The van der Waals surface area contributed by atoms with Crippen molar-refractivity contribution in [2.45, 2.75) is 6.61 Å². The van der Waals surface area contributed by atoms with E-state index in [-0.39, 0.29) is 0 Å². The highest BCUT2D eigenvalue weighted by molar-refractivity contribution is 9.11. The minimum absolute atomic E-state index is 0.450. The van der Waals surface area contributed by atoms with Crippen LogP contribution in [0.5, 0.6) is 5.75 Å². The van der Waals surface area contributed by atoms with Crippen molar-refractivity contribution in [2.24, 2.45) is 0 Å². The first-order chi connectivity index (χ1) is 13.5. The van der Waals surface area contributed by atoms with Crippen molar-refractivity contribution in [1.29, 1.82) is 5.26 Å². The fraction of sp³-hybridized carbons (Fsp3) is 0.0455. The molecule has 140 valence electrons. The van der Waals surface area contributed by atoms with Gasteiger partial charge in [-0.1, -0.05) is 51.8 Å². The first-order valence-corrected chi connectivity index (χ1v) is 11.0. The molecule has 0 saturated heterocycles. The van der Waals surface area contributed by atoms with Gasteiger partial charge in [-0.25, -0.2) is 0 Å². The average molecular weight is 583 g/mol. The van der Waals surface area contributed by atoms with E-state index in [0.29, 0.717) is 23.0 Å². The second-order valence-corrected chi connectivity index (χ2v) is 8.97. The second-order valence-electron chi connectivity index (χ2n) is 5.91. The lowest BCUT2D eigenvalue weighted by molar-refractivity contribution is 0.302. The summed E-state index contributed by atoms with van der Waals surface area (Å²) in [6.07, 6.45) is 1.82. The summed E-state index contributed by atoms with van der Waals surface area (Å²) in [5, 5.41) is 10.1. The Morgan fingerprint density at radius 3 is 2.29 bits per heavy atom. The number of nitrogens with zero attached hydrogens (tertiary/aromatic N) is 1. The van der Waals surface area contributed by atoms with Crippen LogP contribution in [0.4, 0.5) is 0 Å². The summed E-state index contributed by atoms with van der Waals surface area (Å²) < 4.78 is 8.60. The number of rotatable bonds is 5. The molecule has 2 nitrogen and oxygen atoms in total. The largest absolute Gasteiger partial charge is 0.487 e. The first-order valence-electron chi connectivity index (χ1n) is 8.20. The number of allylic oxidation sites excluding steroid dienone is 1. The van der Waals surface area contributed by atoms with E-state index in [1.807, 2.05) is 54.6 Å². The van der Waals surface area contributed by atoms with Gasteiger partial charge in [-0.2, -0.15) is 5.26 Å². The Morgan fingerprint density at radius 1 is 1.00 bits per heavy atom. The Labute approximate surface area is 194 Å². The van der Waals surface area contributed by atoms with E-state index in [4.69, 9.17) is 16.3 Å². The first kappa shape index (κ1) is 21.1. The van der Waals surface area contributed by atoms with Crippen molar-refractivity contribution in [3.8, 4) is 11.8 Å². The Morgan fingerprint density at radius 2 is 1.68 bits per heavy atom. The highest BCUT2D eigenvalue weighted by Crippen LogP contribution is 2.36. The molecule has 0 radical (unpaired) electrons. The normalized spacial score (nSPS) is 11.2. The van der Waals surface area contributed by atoms with Crippen molar-refractivity contribution in [3.05, 3.63) is 95.8 Å². The Hall–Kier alpha value is -1.58. The third-order valence-corrected chi connectivity index (χ3v) is 5.83. The molecule has 3 aromatic carbocycles. The Kier molecular flexibility index (Phi) is 7.36. The molecule has 0 unspecified atom stereocenters. The lowest BCUT2D eigenvalue weighted by Crippen LogP contribution is -1.97. The summed E-state index contributed by atoms with van der Waals surface area (Å²) in [7, 11) is 0. The van der Waals surface area contributed by atoms with Crippen LogP contribution in [0.2, 0.25) is 5.02 Å². The van der Waals surface area contributed by atoms with E-state index in [9.17, 15) is 5.26 Å². The molecule has 3 aromatic rings. The van der Waals surface area contributed by atoms with Gasteiger partial charge in [0.05, 0.1) is 20.6 Å². The number of nitriles is 1. The Balaban J connectivity index is 1.84. The molecule has 0 aliphatic rings. The quantitative estimate of drug-likeness (QED) is 0.224. The van der Waals surface area contributed by atoms with Gasteiger partial charge in [-0.05, 0) is 91.0 Å². The predicted molar refractivity (Wildman–Crippen MR) is 125 cm³/mol. The van der Waals surface area contributed by atoms with E-state index >= 15 is 0 Å². The van der Waals surface area contributed by atoms with E-state index in [2.05, 4.69) is 53.9 Å². The van der Waals surface area contributed by atoms with Crippen LogP contribution < -0.4 is 4.74 Å². The van der Waals surface area contributed by atoms with E-state index in [1.165, 1.54) is 0 Å². The SMILES string of the molecule is N#C/C(=C/c1cc(Br)c(OCc2ccc(Br)cc2)c(Br)c1)c1cccc(Cl)c1. The van der Waals surface area contributed by atoms with Crippen molar-refractivity contribution in [3.63, 3.8) is 0 Å². The summed E-state index contributed by atoms with van der Waals surface area (Å²) in [5.41, 5.74) is 3.24. The fourth-order valence-corrected chi connectivity index (χ4v) is 4.45. The summed E-state index contributed by atoms with van der Waals surface area (Å²) in [4.78, 5) is 0.